The molecule has 0 radical (unpaired) electrons. The lowest BCUT2D eigenvalue weighted by molar-refractivity contribution is -0.121. The van der Waals surface area contributed by atoms with Crippen LogP contribution in [0, 0.1) is 0 Å². The first-order valence-corrected chi connectivity index (χ1v) is 7.31. The molecule has 0 unspecified atom stereocenters. The standard InChI is InChI=1S/C19H16O6/c20-14-5-7-18(24)12(9-14)1-3-16(22)11-17(23)4-2-13-10-15(21)6-8-19(13)25/h1-10,20-21,24-25H,11H2/b3-1+,4-2+. The third kappa shape index (κ3) is 5.24. The van der Waals surface area contributed by atoms with Gasteiger partial charge in [-0.3, -0.25) is 9.59 Å². The molecule has 2 rings (SSSR count). The van der Waals surface area contributed by atoms with Gasteiger partial charge >= 0.3 is 0 Å². The molecule has 4 N–H and O–H groups in total. The molecule has 6 nitrogen and oxygen atoms in total. The molecule has 25 heavy (non-hydrogen) atoms. The van der Waals surface area contributed by atoms with E-state index >= 15 is 0 Å². The molecule has 0 fully saturated rings. The number of carbonyl (C=O) groups is 2. The minimum Gasteiger partial charge on any atom is -0.508 e. The van der Waals surface area contributed by atoms with E-state index in [9.17, 15) is 30.0 Å². The van der Waals surface area contributed by atoms with Crippen molar-refractivity contribution >= 4 is 23.7 Å². The van der Waals surface area contributed by atoms with Gasteiger partial charge < -0.3 is 20.4 Å². The maximum atomic E-state index is 11.8. The van der Waals surface area contributed by atoms with Crippen LogP contribution in [0.3, 0.4) is 0 Å². The maximum absolute atomic E-state index is 11.8. The molecule has 2 aromatic rings. The van der Waals surface area contributed by atoms with Crippen molar-refractivity contribution < 1.29 is 30.0 Å². The summed E-state index contributed by atoms with van der Waals surface area (Å²) in [6.45, 7) is 0. The summed E-state index contributed by atoms with van der Waals surface area (Å²) in [5.74, 6) is -1.31. The second kappa shape index (κ2) is 7.83. The lowest BCUT2D eigenvalue weighted by atomic mass is 10.1. The zero-order valence-electron chi connectivity index (χ0n) is 13.1. The highest BCUT2D eigenvalue weighted by Gasteiger charge is 2.06. The molecule has 0 aliphatic heterocycles. The van der Waals surface area contributed by atoms with Crippen LogP contribution in [0.2, 0.25) is 0 Å². The molecule has 0 amide bonds. The topological polar surface area (TPSA) is 115 Å². The number of phenols is 4. The van der Waals surface area contributed by atoms with Crippen LogP contribution in [0.15, 0.2) is 48.6 Å². The van der Waals surface area contributed by atoms with Crippen LogP contribution in [-0.4, -0.2) is 32.0 Å². The van der Waals surface area contributed by atoms with E-state index in [1.807, 2.05) is 0 Å². The van der Waals surface area contributed by atoms with Crippen molar-refractivity contribution in [3.8, 4) is 23.0 Å². The quantitative estimate of drug-likeness (QED) is 0.365. The first-order chi connectivity index (χ1) is 11.8. The third-order valence-electron chi connectivity index (χ3n) is 3.27. The Kier molecular flexibility index (Phi) is 5.58. The van der Waals surface area contributed by atoms with E-state index in [2.05, 4.69) is 0 Å². The van der Waals surface area contributed by atoms with Crippen LogP contribution in [-0.2, 0) is 9.59 Å². The monoisotopic (exact) mass is 340 g/mol. The summed E-state index contributed by atoms with van der Waals surface area (Å²) in [5.41, 5.74) is 0.502. The molecule has 0 saturated carbocycles. The molecule has 0 aliphatic carbocycles. The highest BCUT2D eigenvalue weighted by atomic mass is 16.3. The van der Waals surface area contributed by atoms with Crippen LogP contribution >= 0.6 is 0 Å². The molecule has 0 heterocycles. The molecule has 0 bridgehead atoms. The molecule has 0 saturated heterocycles. The fraction of sp³-hybridized carbons (Fsp3) is 0.0526. The van der Waals surface area contributed by atoms with Gasteiger partial charge in [-0.05, 0) is 60.7 Å². The number of phenolic OH excluding ortho intramolecular Hbond substituents is 4. The fourth-order valence-electron chi connectivity index (χ4n) is 2.01. The summed E-state index contributed by atoms with van der Waals surface area (Å²) in [6, 6.07) is 7.75. The third-order valence-corrected chi connectivity index (χ3v) is 3.27. The largest absolute Gasteiger partial charge is 0.508 e. The highest BCUT2D eigenvalue weighted by molar-refractivity contribution is 6.11. The van der Waals surface area contributed by atoms with E-state index in [0.29, 0.717) is 0 Å². The Hall–Kier alpha value is -3.54. The number of carbonyl (C=O) groups excluding carboxylic acids is 2. The number of benzene rings is 2. The van der Waals surface area contributed by atoms with Crippen LogP contribution in [0.1, 0.15) is 17.5 Å². The van der Waals surface area contributed by atoms with Gasteiger partial charge in [0.05, 0.1) is 6.42 Å². The number of hydrogen-bond donors (Lipinski definition) is 4. The van der Waals surface area contributed by atoms with Gasteiger partial charge in [0.1, 0.15) is 23.0 Å². The number of hydrogen-bond acceptors (Lipinski definition) is 6. The average molecular weight is 340 g/mol. The van der Waals surface area contributed by atoms with Crippen molar-refractivity contribution in [2.24, 2.45) is 0 Å². The Morgan fingerprint density at radius 3 is 1.52 bits per heavy atom. The normalized spacial score (nSPS) is 11.2. The summed E-state index contributed by atoms with van der Waals surface area (Å²) in [6.07, 6.45) is 4.47. The Balaban J connectivity index is 1.99. The summed E-state index contributed by atoms with van der Waals surface area (Å²) in [5, 5.41) is 37.9. The zero-order valence-corrected chi connectivity index (χ0v) is 13.1. The van der Waals surface area contributed by atoms with Gasteiger partial charge in [-0.25, -0.2) is 0 Å². The predicted octanol–water partition coefficient (Wildman–Crippen LogP) is 2.76. The Morgan fingerprint density at radius 2 is 1.12 bits per heavy atom. The zero-order chi connectivity index (χ0) is 18.4. The minimum absolute atomic E-state index is 0.0603. The molecular weight excluding hydrogens is 324 g/mol. The summed E-state index contributed by atoms with van der Waals surface area (Å²) in [7, 11) is 0. The van der Waals surface area contributed by atoms with Crippen LogP contribution in [0.25, 0.3) is 12.2 Å². The average Bonchev–Trinajstić information content (AvgIpc) is 2.56. The first-order valence-electron chi connectivity index (χ1n) is 7.31. The van der Waals surface area contributed by atoms with E-state index in [0.717, 1.165) is 12.2 Å². The maximum Gasteiger partial charge on any atom is 0.163 e. The molecular formula is C19H16O6. The molecule has 0 atom stereocenters. The molecule has 2 aromatic carbocycles. The summed E-state index contributed by atoms with van der Waals surface area (Å²) in [4.78, 5) is 23.6. The number of rotatable bonds is 6. The van der Waals surface area contributed by atoms with Crippen LogP contribution in [0.5, 0.6) is 23.0 Å². The molecule has 0 aromatic heterocycles. The van der Waals surface area contributed by atoms with Gasteiger partial charge in [-0.1, -0.05) is 0 Å². The predicted molar refractivity (Wildman–Crippen MR) is 92.2 cm³/mol. The molecule has 6 heteroatoms. The van der Waals surface area contributed by atoms with Gasteiger partial charge in [-0.15, -0.1) is 0 Å². The van der Waals surface area contributed by atoms with Gasteiger partial charge in [0.2, 0.25) is 0 Å². The number of allylic oxidation sites excluding steroid dienone is 2. The lowest BCUT2D eigenvalue weighted by Gasteiger charge is -2.00. The highest BCUT2D eigenvalue weighted by Crippen LogP contribution is 2.24. The minimum atomic E-state index is -0.488. The van der Waals surface area contributed by atoms with E-state index in [1.54, 1.807) is 0 Å². The lowest BCUT2D eigenvalue weighted by Crippen LogP contribution is -2.01. The summed E-state index contributed by atoms with van der Waals surface area (Å²) < 4.78 is 0. The first kappa shape index (κ1) is 17.8. The van der Waals surface area contributed by atoms with Crippen molar-refractivity contribution in [2.75, 3.05) is 0 Å². The van der Waals surface area contributed by atoms with Crippen molar-refractivity contribution in [3.63, 3.8) is 0 Å². The van der Waals surface area contributed by atoms with Crippen molar-refractivity contribution in [2.45, 2.75) is 6.42 Å². The molecule has 0 aliphatic rings. The van der Waals surface area contributed by atoms with Gasteiger partial charge in [0.15, 0.2) is 11.6 Å². The second-order valence-electron chi connectivity index (χ2n) is 5.26. The van der Waals surface area contributed by atoms with Crippen molar-refractivity contribution in [3.05, 3.63) is 59.7 Å². The Labute approximate surface area is 143 Å². The Morgan fingerprint density at radius 1 is 0.720 bits per heavy atom. The fourth-order valence-corrected chi connectivity index (χ4v) is 2.01. The second-order valence-corrected chi connectivity index (χ2v) is 5.26. The summed E-state index contributed by atoms with van der Waals surface area (Å²) >= 11 is 0. The SMILES string of the molecule is O=C(/C=C/c1cc(O)ccc1O)CC(=O)/C=C/c1cc(O)ccc1O. The number of aromatic hydroxyl groups is 4. The van der Waals surface area contributed by atoms with Crippen LogP contribution < -0.4 is 0 Å². The molecule has 128 valence electrons. The number of ketones is 2. The van der Waals surface area contributed by atoms with Crippen LogP contribution in [0.4, 0.5) is 0 Å². The van der Waals surface area contributed by atoms with Crippen molar-refractivity contribution in [1.82, 2.24) is 0 Å². The van der Waals surface area contributed by atoms with Gasteiger partial charge in [-0.2, -0.15) is 0 Å². The van der Waals surface area contributed by atoms with E-state index in [4.69, 9.17) is 0 Å². The van der Waals surface area contributed by atoms with E-state index < -0.39 is 18.0 Å². The Bertz CT molecular complexity index is 793. The smallest absolute Gasteiger partial charge is 0.163 e. The molecule has 0 spiro atoms. The van der Waals surface area contributed by atoms with Gasteiger partial charge in [0.25, 0.3) is 0 Å². The van der Waals surface area contributed by atoms with Gasteiger partial charge in [0, 0.05) is 11.1 Å². The van der Waals surface area contributed by atoms with E-state index in [1.165, 1.54) is 48.6 Å². The van der Waals surface area contributed by atoms with Crippen molar-refractivity contribution in [1.29, 1.82) is 0 Å². The van der Waals surface area contributed by atoms with E-state index in [-0.39, 0.29) is 34.1 Å².